The van der Waals surface area contributed by atoms with E-state index in [1.165, 1.54) is 7.11 Å². The molecule has 2 aromatic carbocycles. The predicted molar refractivity (Wildman–Crippen MR) is 135 cm³/mol. The summed E-state index contributed by atoms with van der Waals surface area (Å²) in [7, 11) is 1.39. The maximum Gasteiger partial charge on any atom is 0.414 e. The van der Waals surface area contributed by atoms with Gasteiger partial charge in [0.25, 0.3) is 0 Å². The van der Waals surface area contributed by atoms with Crippen LogP contribution in [0, 0.1) is 17.2 Å². The van der Waals surface area contributed by atoms with Gasteiger partial charge in [-0.05, 0) is 81.8 Å². The molecule has 1 atom stereocenters. The molecule has 186 valence electrons. The summed E-state index contributed by atoms with van der Waals surface area (Å²) in [5.41, 5.74) is 5.01. The van der Waals surface area contributed by atoms with E-state index in [0.717, 1.165) is 53.7 Å². The van der Waals surface area contributed by atoms with E-state index in [2.05, 4.69) is 16.0 Å². The number of nitriles is 1. The lowest BCUT2D eigenvalue weighted by atomic mass is 9.86. The highest BCUT2D eigenvalue weighted by Crippen LogP contribution is 2.41. The zero-order valence-corrected chi connectivity index (χ0v) is 20.4. The molecule has 1 unspecified atom stereocenters. The predicted octanol–water partition coefficient (Wildman–Crippen LogP) is 5.37. The monoisotopic (exact) mass is 487 g/mol. The Morgan fingerprint density at radius 3 is 2.47 bits per heavy atom. The third-order valence-corrected chi connectivity index (χ3v) is 7.51. The second kappa shape index (κ2) is 9.53. The topological polar surface area (TPSA) is 120 Å². The van der Waals surface area contributed by atoms with Gasteiger partial charge in [-0.3, -0.25) is 9.69 Å². The highest BCUT2D eigenvalue weighted by molar-refractivity contribution is 5.96. The minimum Gasteiger partial charge on any atom is -0.481 e. The van der Waals surface area contributed by atoms with Crippen molar-refractivity contribution in [1.29, 1.82) is 5.26 Å². The number of benzene rings is 2. The van der Waals surface area contributed by atoms with Crippen molar-refractivity contribution in [1.82, 2.24) is 9.55 Å². The maximum absolute atomic E-state index is 12.6. The van der Waals surface area contributed by atoms with Crippen LogP contribution in [-0.2, 0) is 16.0 Å². The summed E-state index contributed by atoms with van der Waals surface area (Å²) < 4.78 is 7.25. The molecule has 3 aromatic rings. The van der Waals surface area contributed by atoms with E-state index in [0.29, 0.717) is 24.4 Å². The number of nitrogens with zero attached hydrogens (tertiary/aromatic N) is 4. The molecule has 0 radical (unpaired) electrons. The van der Waals surface area contributed by atoms with Crippen LogP contribution in [-0.4, -0.2) is 39.9 Å². The number of aryl methyl sites for hydroxylation is 1. The molecule has 2 aliphatic rings. The van der Waals surface area contributed by atoms with E-state index >= 15 is 0 Å². The Morgan fingerprint density at radius 1 is 1.11 bits per heavy atom. The largest absolute Gasteiger partial charge is 0.481 e. The van der Waals surface area contributed by atoms with Gasteiger partial charge in [0.05, 0.1) is 41.4 Å². The molecule has 36 heavy (non-hydrogen) atoms. The van der Waals surface area contributed by atoms with Crippen LogP contribution in [0.4, 0.5) is 22.1 Å². The first-order valence-electron chi connectivity index (χ1n) is 12.3. The van der Waals surface area contributed by atoms with Crippen LogP contribution < -0.4 is 10.2 Å². The molecule has 1 aliphatic carbocycles. The van der Waals surface area contributed by atoms with Crippen molar-refractivity contribution in [2.45, 2.75) is 57.5 Å². The Kier molecular flexibility index (Phi) is 6.27. The summed E-state index contributed by atoms with van der Waals surface area (Å²) in [5.74, 6) is -0.370. The van der Waals surface area contributed by atoms with Crippen molar-refractivity contribution in [3.63, 3.8) is 0 Å². The number of carbonyl (C=O) groups excluding carboxylic acids is 1. The van der Waals surface area contributed by atoms with Gasteiger partial charge in [0.1, 0.15) is 0 Å². The highest BCUT2D eigenvalue weighted by atomic mass is 16.5. The number of carbonyl (C=O) groups is 2. The van der Waals surface area contributed by atoms with Gasteiger partial charge in [0.15, 0.2) is 0 Å². The number of carboxylic acids is 1. The minimum atomic E-state index is -0.731. The number of nitrogens with one attached hydrogen (secondary N) is 1. The van der Waals surface area contributed by atoms with Crippen molar-refractivity contribution in [2.24, 2.45) is 5.92 Å². The molecule has 1 amide bonds. The van der Waals surface area contributed by atoms with Crippen LogP contribution in [0.2, 0.25) is 0 Å². The minimum absolute atomic E-state index is 0.0204. The Hall–Kier alpha value is -4.06. The number of rotatable bonds is 4. The Morgan fingerprint density at radius 2 is 1.83 bits per heavy atom. The number of aromatic nitrogens is 2. The second-order valence-corrected chi connectivity index (χ2v) is 9.62. The molecule has 1 fully saturated rings. The molecule has 0 spiro atoms. The van der Waals surface area contributed by atoms with Gasteiger partial charge in [0, 0.05) is 23.3 Å². The van der Waals surface area contributed by atoms with Crippen LogP contribution in [0.15, 0.2) is 36.4 Å². The van der Waals surface area contributed by atoms with Crippen molar-refractivity contribution in [3.05, 3.63) is 47.5 Å². The summed E-state index contributed by atoms with van der Waals surface area (Å²) in [6.45, 7) is 2.02. The normalized spacial score (nSPS) is 21.5. The summed E-state index contributed by atoms with van der Waals surface area (Å²) in [4.78, 5) is 30.8. The van der Waals surface area contributed by atoms with Gasteiger partial charge in [-0.15, -0.1) is 0 Å². The highest BCUT2D eigenvalue weighted by Gasteiger charge is 2.33. The molecule has 0 saturated heterocycles. The molecule has 9 heteroatoms. The Bertz CT molecular complexity index is 1350. The van der Waals surface area contributed by atoms with E-state index in [1.807, 2.05) is 31.2 Å². The van der Waals surface area contributed by atoms with Crippen molar-refractivity contribution in [3.8, 4) is 6.07 Å². The van der Waals surface area contributed by atoms with E-state index in [1.54, 1.807) is 17.0 Å². The quantitative estimate of drug-likeness (QED) is 0.507. The van der Waals surface area contributed by atoms with Gasteiger partial charge in [-0.2, -0.15) is 5.26 Å². The number of carboxylic acid groups (broad SMARTS) is 1. The molecule has 2 heterocycles. The van der Waals surface area contributed by atoms with E-state index in [4.69, 9.17) is 15.0 Å². The summed E-state index contributed by atoms with van der Waals surface area (Å²) in [6, 6.07) is 13.4. The van der Waals surface area contributed by atoms with Crippen molar-refractivity contribution in [2.75, 3.05) is 17.3 Å². The van der Waals surface area contributed by atoms with E-state index < -0.39 is 5.97 Å². The summed E-state index contributed by atoms with van der Waals surface area (Å²) in [5, 5.41) is 22.0. The van der Waals surface area contributed by atoms with Gasteiger partial charge < -0.3 is 19.7 Å². The summed E-state index contributed by atoms with van der Waals surface area (Å²) in [6.07, 6.45) is 3.93. The number of imidazole rings is 1. The average molecular weight is 488 g/mol. The zero-order chi connectivity index (χ0) is 25.4. The van der Waals surface area contributed by atoms with Crippen molar-refractivity contribution >= 4 is 40.4 Å². The van der Waals surface area contributed by atoms with Gasteiger partial charge in [0.2, 0.25) is 5.95 Å². The zero-order valence-electron chi connectivity index (χ0n) is 20.4. The molecule has 5 rings (SSSR count). The van der Waals surface area contributed by atoms with Crippen LogP contribution >= 0.6 is 0 Å². The Labute approximate surface area is 209 Å². The van der Waals surface area contributed by atoms with Crippen LogP contribution in [0.25, 0.3) is 11.0 Å². The summed E-state index contributed by atoms with van der Waals surface area (Å²) >= 11 is 0. The van der Waals surface area contributed by atoms with Gasteiger partial charge >= 0.3 is 12.1 Å². The van der Waals surface area contributed by atoms with Gasteiger partial charge in [-0.1, -0.05) is 0 Å². The number of amides is 1. The number of ether oxygens (including phenoxy) is 1. The van der Waals surface area contributed by atoms with Crippen LogP contribution in [0.5, 0.6) is 0 Å². The average Bonchev–Trinajstić information content (AvgIpc) is 3.26. The molecule has 2 N–H and O–H groups in total. The Balaban J connectivity index is 1.60. The number of anilines is 3. The van der Waals surface area contributed by atoms with E-state index in [9.17, 15) is 14.7 Å². The molecule has 1 aliphatic heterocycles. The first-order valence-corrected chi connectivity index (χ1v) is 12.3. The number of hydrogen-bond donors (Lipinski definition) is 2. The smallest absolute Gasteiger partial charge is 0.414 e. The molecular formula is C27H29N5O4. The lowest BCUT2D eigenvalue weighted by Gasteiger charge is -2.34. The SMILES string of the molecule is COC(=O)N1c2ccc3c(nc(Nc4ccc(C#N)cc4)n3C3CCC(C(=O)O)CC3)c2CCC1C. The van der Waals surface area contributed by atoms with Gasteiger partial charge in [-0.25, -0.2) is 9.78 Å². The lowest BCUT2D eigenvalue weighted by Crippen LogP contribution is -2.42. The van der Waals surface area contributed by atoms with E-state index in [-0.39, 0.29) is 24.1 Å². The molecular weight excluding hydrogens is 458 g/mol. The second-order valence-electron chi connectivity index (χ2n) is 9.62. The molecule has 1 aromatic heterocycles. The molecule has 0 bridgehead atoms. The number of methoxy groups -OCH3 is 1. The third-order valence-electron chi connectivity index (χ3n) is 7.51. The van der Waals surface area contributed by atoms with Crippen LogP contribution in [0.1, 0.15) is 56.2 Å². The number of fused-ring (bicyclic) bond motifs is 3. The first-order chi connectivity index (χ1) is 17.4. The number of aliphatic carboxylic acids is 1. The third kappa shape index (κ3) is 4.13. The molecule has 9 nitrogen and oxygen atoms in total. The fourth-order valence-electron chi connectivity index (χ4n) is 5.57. The number of hydrogen-bond acceptors (Lipinski definition) is 6. The fraction of sp³-hybridized carbons (Fsp3) is 0.407. The standard InChI is InChI=1S/C27H29N5O4/c1-16-3-12-21-22(31(16)27(35)36-2)13-14-23-24(21)30-26(29-19-8-4-17(15-28)5-9-19)32(23)20-10-6-18(7-11-20)25(33)34/h4-5,8-9,13-14,16,18,20H,3,6-7,10-12H2,1-2H3,(H,29,30)(H,33,34). The first kappa shape index (κ1) is 23.7. The lowest BCUT2D eigenvalue weighted by molar-refractivity contribution is -0.143. The van der Waals surface area contributed by atoms with Crippen molar-refractivity contribution < 1.29 is 19.4 Å². The van der Waals surface area contributed by atoms with Crippen LogP contribution in [0.3, 0.4) is 0 Å². The molecule has 1 saturated carbocycles. The maximum atomic E-state index is 12.6. The fourth-order valence-corrected chi connectivity index (χ4v) is 5.57.